The van der Waals surface area contributed by atoms with Gasteiger partial charge in [0.25, 0.3) is 5.91 Å². The Morgan fingerprint density at radius 3 is 2.46 bits per heavy atom. The minimum absolute atomic E-state index is 0.125. The van der Waals surface area contributed by atoms with E-state index in [1.807, 2.05) is 13.8 Å². The number of aromatic nitrogens is 2. The molecular weight excluding hydrogens is 332 g/mol. The van der Waals surface area contributed by atoms with Gasteiger partial charge in [0.2, 0.25) is 0 Å². The van der Waals surface area contributed by atoms with E-state index in [-0.39, 0.29) is 5.91 Å². The van der Waals surface area contributed by atoms with Crippen molar-refractivity contribution >= 4 is 23.4 Å². The number of rotatable bonds is 8. The molecule has 1 amide bonds. The fourth-order valence-electron chi connectivity index (χ4n) is 2.58. The molecule has 0 aliphatic heterocycles. The van der Waals surface area contributed by atoms with E-state index in [1.54, 1.807) is 35.2 Å². The van der Waals surface area contributed by atoms with Crippen molar-refractivity contribution in [3.05, 3.63) is 47.9 Å². The van der Waals surface area contributed by atoms with E-state index in [1.165, 1.54) is 13.4 Å². The van der Waals surface area contributed by atoms with Gasteiger partial charge in [0.1, 0.15) is 17.8 Å². The average Bonchev–Trinajstić information content (AvgIpc) is 2.67. The number of nitrogens with one attached hydrogen (secondary N) is 1. The van der Waals surface area contributed by atoms with Crippen molar-refractivity contribution in [1.82, 2.24) is 14.9 Å². The number of hydrogen-bond donors (Lipinski definition) is 1. The molecule has 0 unspecified atom stereocenters. The zero-order chi connectivity index (χ0) is 18.9. The maximum atomic E-state index is 12.7. The first kappa shape index (κ1) is 19.4. The minimum atomic E-state index is -0.449. The van der Waals surface area contributed by atoms with Crippen LogP contribution in [0.15, 0.2) is 36.7 Å². The lowest BCUT2D eigenvalue weighted by atomic mass is 10.2. The predicted octanol–water partition coefficient (Wildman–Crippen LogP) is 3.27. The molecule has 0 fully saturated rings. The summed E-state index contributed by atoms with van der Waals surface area (Å²) in [4.78, 5) is 34.6. The summed E-state index contributed by atoms with van der Waals surface area (Å²) in [6.45, 7) is 5.44. The largest absolute Gasteiger partial charge is 0.465 e. The van der Waals surface area contributed by atoms with Gasteiger partial charge in [-0.1, -0.05) is 26.0 Å². The summed E-state index contributed by atoms with van der Waals surface area (Å²) in [6, 6.07) is 8.54. The van der Waals surface area contributed by atoms with Crippen molar-refractivity contribution in [2.45, 2.75) is 26.7 Å². The maximum Gasteiger partial charge on any atom is 0.339 e. The Morgan fingerprint density at radius 2 is 1.81 bits per heavy atom. The monoisotopic (exact) mass is 356 g/mol. The number of para-hydroxylation sites is 1. The van der Waals surface area contributed by atoms with Crippen LogP contribution in [0.3, 0.4) is 0 Å². The predicted molar refractivity (Wildman–Crippen MR) is 99.6 cm³/mol. The molecule has 0 saturated heterocycles. The number of benzene rings is 1. The molecule has 0 radical (unpaired) electrons. The number of carbonyl (C=O) groups is 2. The van der Waals surface area contributed by atoms with E-state index < -0.39 is 5.97 Å². The van der Waals surface area contributed by atoms with Gasteiger partial charge in [-0.25, -0.2) is 14.8 Å². The van der Waals surface area contributed by atoms with Crippen molar-refractivity contribution in [2.75, 3.05) is 25.5 Å². The first-order valence-corrected chi connectivity index (χ1v) is 8.66. The van der Waals surface area contributed by atoms with E-state index in [4.69, 9.17) is 4.74 Å². The van der Waals surface area contributed by atoms with Gasteiger partial charge in [-0.2, -0.15) is 0 Å². The second-order valence-corrected chi connectivity index (χ2v) is 5.74. The van der Waals surface area contributed by atoms with Crippen LogP contribution in [-0.2, 0) is 4.74 Å². The zero-order valence-electron chi connectivity index (χ0n) is 15.4. The quantitative estimate of drug-likeness (QED) is 0.731. The lowest BCUT2D eigenvalue weighted by molar-refractivity contribution is 0.0601. The molecule has 0 saturated carbocycles. The second kappa shape index (κ2) is 9.50. The molecule has 0 aliphatic carbocycles. The van der Waals surface area contributed by atoms with Gasteiger partial charge in [0.15, 0.2) is 0 Å². The minimum Gasteiger partial charge on any atom is -0.465 e. The van der Waals surface area contributed by atoms with Gasteiger partial charge in [-0.05, 0) is 25.0 Å². The molecule has 7 nitrogen and oxygen atoms in total. The maximum absolute atomic E-state index is 12.7. The van der Waals surface area contributed by atoms with Gasteiger partial charge in [0, 0.05) is 19.2 Å². The van der Waals surface area contributed by atoms with Crippen LogP contribution in [0.5, 0.6) is 0 Å². The fourth-order valence-corrected chi connectivity index (χ4v) is 2.58. The Bertz CT molecular complexity index is 758. The third-order valence-electron chi connectivity index (χ3n) is 3.76. The van der Waals surface area contributed by atoms with E-state index >= 15 is 0 Å². The molecule has 1 aromatic carbocycles. The summed E-state index contributed by atoms with van der Waals surface area (Å²) >= 11 is 0. The van der Waals surface area contributed by atoms with Crippen LogP contribution < -0.4 is 5.32 Å². The van der Waals surface area contributed by atoms with Crippen molar-refractivity contribution in [3.63, 3.8) is 0 Å². The van der Waals surface area contributed by atoms with E-state index in [0.717, 1.165) is 12.8 Å². The third kappa shape index (κ3) is 4.78. The summed E-state index contributed by atoms with van der Waals surface area (Å²) in [5.41, 5.74) is 1.26. The molecule has 1 N–H and O–H groups in total. The molecule has 0 bridgehead atoms. The number of carbonyl (C=O) groups excluding carboxylic acids is 2. The Labute approximate surface area is 153 Å². The highest BCUT2D eigenvalue weighted by Crippen LogP contribution is 2.20. The van der Waals surface area contributed by atoms with E-state index in [9.17, 15) is 9.59 Å². The smallest absolute Gasteiger partial charge is 0.339 e. The molecule has 1 heterocycles. The fraction of sp³-hybridized carbons (Fsp3) is 0.368. The molecule has 0 atom stereocenters. The highest BCUT2D eigenvalue weighted by molar-refractivity contribution is 5.97. The van der Waals surface area contributed by atoms with Gasteiger partial charge in [0.05, 0.1) is 18.4 Å². The summed E-state index contributed by atoms with van der Waals surface area (Å²) in [5.74, 6) is -0.136. The van der Waals surface area contributed by atoms with Crippen molar-refractivity contribution in [1.29, 1.82) is 0 Å². The number of esters is 1. The first-order chi connectivity index (χ1) is 12.6. The molecule has 26 heavy (non-hydrogen) atoms. The second-order valence-electron chi connectivity index (χ2n) is 5.74. The molecule has 0 spiro atoms. The standard InChI is InChI=1S/C19H24N4O3/c1-4-10-23(11-5-2)18(24)16-12-17(21-13-20-16)22-15-9-7-6-8-14(15)19(25)26-3/h6-9,12-13H,4-5,10-11H2,1-3H3,(H,20,21,22). The SMILES string of the molecule is CCCN(CCC)C(=O)c1cc(Nc2ccccc2C(=O)OC)ncn1. The molecule has 1 aromatic heterocycles. The first-order valence-electron chi connectivity index (χ1n) is 8.66. The summed E-state index contributed by atoms with van der Waals surface area (Å²) in [7, 11) is 1.33. The van der Waals surface area contributed by atoms with Gasteiger partial charge < -0.3 is 15.0 Å². The molecule has 2 aromatic rings. The van der Waals surface area contributed by atoms with Crippen molar-refractivity contribution in [2.24, 2.45) is 0 Å². The molecule has 7 heteroatoms. The highest BCUT2D eigenvalue weighted by atomic mass is 16.5. The number of hydrogen-bond acceptors (Lipinski definition) is 6. The zero-order valence-corrected chi connectivity index (χ0v) is 15.4. The Hall–Kier alpha value is -2.96. The van der Waals surface area contributed by atoms with Crippen LogP contribution in [0.25, 0.3) is 0 Å². The molecule has 2 rings (SSSR count). The summed E-state index contributed by atoms with van der Waals surface area (Å²) < 4.78 is 4.79. The summed E-state index contributed by atoms with van der Waals surface area (Å²) in [5, 5.41) is 3.06. The molecule has 0 aliphatic rings. The van der Waals surface area contributed by atoms with Crippen molar-refractivity contribution < 1.29 is 14.3 Å². The number of methoxy groups -OCH3 is 1. The van der Waals surface area contributed by atoms with Crippen LogP contribution in [-0.4, -0.2) is 46.9 Å². The lowest BCUT2D eigenvalue weighted by Crippen LogP contribution is -2.33. The molecular formula is C19H24N4O3. The number of ether oxygens (including phenoxy) is 1. The summed E-state index contributed by atoms with van der Waals surface area (Å²) in [6.07, 6.45) is 3.11. The van der Waals surface area contributed by atoms with Crippen LogP contribution >= 0.6 is 0 Å². The average molecular weight is 356 g/mol. The van der Waals surface area contributed by atoms with Crippen LogP contribution in [0.4, 0.5) is 11.5 Å². The number of anilines is 2. The third-order valence-corrected chi connectivity index (χ3v) is 3.76. The number of nitrogens with zero attached hydrogens (tertiary/aromatic N) is 3. The Balaban J connectivity index is 2.25. The Morgan fingerprint density at radius 1 is 1.12 bits per heavy atom. The van der Waals surface area contributed by atoms with Crippen LogP contribution in [0.1, 0.15) is 47.5 Å². The highest BCUT2D eigenvalue weighted by Gasteiger charge is 2.17. The van der Waals surface area contributed by atoms with Gasteiger partial charge >= 0.3 is 5.97 Å². The van der Waals surface area contributed by atoms with Crippen LogP contribution in [0, 0.1) is 0 Å². The molecule has 138 valence electrons. The van der Waals surface area contributed by atoms with E-state index in [0.29, 0.717) is 35.9 Å². The number of amides is 1. The normalized spacial score (nSPS) is 10.3. The van der Waals surface area contributed by atoms with Gasteiger partial charge in [-0.15, -0.1) is 0 Å². The topological polar surface area (TPSA) is 84.4 Å². The lowest BCUT2D eigenvalue weighted by Gasteiger charge is -2.21. The van der Waals surface area contributed by atoms with Gasteiger partial charge in [-0.3, -0.25) is 4.79 Å². The van der Waals surface area contributed by atoms with E-state index in [2.05, 4.69) is 15.3 Å². The van der Waals surface area contributed by atoms with Crippen molar-refractivity contribution in [3.8, 4) is 0 Å². The Kier molecular flexibility index (Phi) is 7.08. The van der Waals surface area contributed by atoms with Crippen LogP contribution in [0.2, 0.25) is 0 Å².